The van der Waals surface area contributed by atoms with E-state index < -0.39 is 0 Å². The summed E-state index contributed by atoms with van der Waals surface area (Å²) in [7, 11) is 0. The molecule has 0 saturated carbocycles. The van der Waals surface area contributed by atoms with Gasteiger partial charge in [-0.1, -0.05) is 45.2 Å². The molecule has 0 fully saturated rings. The van der Waals surface area contributed by atoms with Crippen molar-refractivity contribution in [1.82, 2.24) is 4.90 Å². The molecule has 3 aromatic rings. The number of nitrogens with zero attached hydrogens (tertiary/aromatic N) is 1. The third-order valence-corrected chi connectivity index (χ3v) is 5.16. The molecule has 7 heteroatoms. The van der Waals surface area contributed by atoms with Gasteiger partial charge in [-0.15, -0.1) is 0 Å². The average Bonchev–Trinajstić information content (AvgIpc) is 3.11. The van der Waals surface area contributed by atoms with Crippen LogP contribution in [0, 0.1) is 0 Å². The van der Waals surface area contributed by atoms with Crippen LogP contribution in [0.25, 0.3) is 0 Å². The number of halogens is 3. The van der Waals surface area contributed by atoms with E-state index in [1.807, 2.05) is 53.4 Å². The highest BCUT2D eigenvalue weighted by molar-refractivity contribution is 9.10. The summed E-state index contributed by atoms with van der Waals surface area (Å²) in [4.78, 5) is 1.99. The van der Waals surface area contributed by atoms with Crippen LogP contribution >= 0.6 is 51.3 Å². The smallest absolute Gasteiger partial charge is 0.174 e. The second-order valence-electron chi connectivity index (χ2n) is 5.61. The standard InChI is InChI=1S/C19H15BrCl2N2OS/c20-14-4-7-16(8-5-14)23-19(26)24(12-17-2-1-9-25-17)11-13-3-6-15(21)10-18(13)22/h1-10H,11-12H2,(H,23,26). The van der Waals surface area contributed by atoms with Crippen molar-refractivity contribution >= 4 is 62.1 Å². The zero-order chi connectivity index (χ0) is 18.5. The fourth-order valence-corrected chi connectivity index (χ4v) is 3.36. The van der Waals surface area contributed by atoms with Gasteiger partial charge >= 0.3 is 0 Å². The number of anilines is 1. The van der Waals surface area contributed by atoms with Crippen LogP contribution in [0.2, 0.25) is 10.0 Å². The molecule has 0 saturated heterocycles. The third-order valence-electron chi connectivity index (χ3n) is 3.69. The first-order valence-electron chi connectivity index (χ1n) is 7.79. The van der Waals surface area contributed by atoms with E-state index in [2.05, 4.69) is 21.2 Å². The quantitative estimate of drug-likeness (QED) is 0.418. The van der Waals surface area contributed by atoms with E-state index >= 15 is 0 Å². The van der Waals surface area contributed by atoms with Crippen molar-refractivity contribution < 1.29 is 4.42 Å². The monoisotopic (exact) mass is 468 g/mol. The fourth-order valence-electron chi connectivity index (χ4n) is 2.38. The summed E-state index contributed by atoms with van der Waals surface area (Å²) < 4.78 is 6.49. The predicted octanol–water partition coefficient (Wildman–Crippen LogP) is 6.75. The van der Waals surface area contributed by atoms with Gasteiger partial charge in [0, 0.05) is 26.8 Å². The summed E-state index contributed by atoms with van der Waals surface area (Å²) in [6, 6.07) is 17.0. The number of nitrogens with one attached hydrogen (secondary N) is 1. The van der Waals surface area contributed by atoms with Gasteiger partial charge in [-0.05, 0) is 66.3 Å². The van der Waals surface area contributed by atoms with Crippen molar-refractivity contribution in [3.63, 3.8) is 0 Å². The van der Waals surface area contributed by atoms with Gasteiger partial charge in [0.1, 0.15) is 5.76 Å². The van der Waals surface area contributed by atoms with Crippen LogP contribution in [-0.4, -0.2) is 10.0 Å². The SMILES string of the molecule is S=C(Nc1ccc(Br)cc1)N(Cc1ccco1)Cc1ccc(Cl)cc1Cl. The molecular weight excluding hydrogens is 455 g/mol. The molecule has 0 aliphatic carbocycles. The van der Waals surface area contributed by atoms with Crippen molar-refractivity contribution in [2.24, 2.45) is 0 Å². The minimum absolute atomic E-state index is 0.522. The Labute approximate surface area is 176 Å². The number of hydrogen-bond donors (Lipinski definition) is 1. The van der Waals surface area contributed by atoms with E-state index in [-0.39, 0.29) is 0 Å². The number of hydrogen-bond acceptors (Lipinski definition) is 2. The van der Waals surface area contributed by atoms with Crippen LogP contribution in [0.1, 0.15) is 11.3 Å². The molecule has 1 N–H and O–H groups in total. The Hall–Kier alpha value is -1.53. The maximum absolute atomic E-state index is 6.33. The molecule has 3 rings (SSSR count). The Morgan fingerprint density at radius 2 is 1.85 bits per heavy atom. The van der Waals surface area contributed by atoms with Gasteiger partial charge in [0.15, 0.2) is 5.11 Å². The maximum atomic E-state index is 6.33. The Morgan fingerprint density at radius 1 is 1.08 bits per heavy atom. The molecule has 0 unspecified atom stereocenters. The fraction of sp³-hybridized carbons (Fsp3) is 0.105. The van der Waals surface area contributed by atoms with Crippen molar-refractivity contribution in [3.8, 4) is 0 Å². The zero-order valence-corrected chi connectivity index (χ0v) is 17.5. The highest BCUT2D eigenvalue weighted by atomic mass is 79.9. The molecule has 26 heavy (non-hydrogen) atoms. The summed E-state index contributed by atoms with van der Waals surface area (Å²) >= 11 is 21.4. The lowest BCUT2D eigenvalue weighted by atomic mass is 10.2. The highest BCUT2D eigenvalue weighted by Crippen LogP contribution is 2.24. The lowest BCUT2D eigenvalue weighted by Crippen LogP contribution is -2.33. The lowest BCUT2D eigenvalue weighted by Gasteiger charge is -2.25. The number of benzene rings is 2. The molecule has 0 aliphatic rings. The van der Waals surface area contributed by atoms with Crippen molar-refractivity contribution in [2.45, 2.75) is 13.1 Å². The van der Waals surface area contributed by atoms with E-state index in [4.69, 9.17) is 39.8 Å². The van der Waals surface area contributed by atoms with Crippen molar-refractivity contribution in [2.75, 3.05) is 5.32 Å². The van der Waals surface area contributed by atoms with E-state index in [1.165, 1.54) is 0 Å². The predicted molar refractivity (Wildman–Crippen MR) is 115 cm³/mol. The van der Waals surface area contributed by atoms with Gasteiger partial charge in [-0.25, -0.2) is 0 Å². The summed E-state index contributed by atoms with van der Waals surface area (Å²) in [5.41, 5.74) is 1.84. The Kier molecular flexibility index (Phi) is 6.59. The Bertz CT molecular complexity index is 885. The van der Waals surface area contributed by atoms with Crippen LogP contribution in [0.4, 0.5) is 5.69 Å². The molecule has 0 spiro atoms. The second kappa shape index (κ2) is 8.91. The second-order valence-corrected chi connectivity index (χ2v) is 7.75. The van der Waals surface area contributed by atoms with Crippen molar-refractivity contribution in [1.29, 1.82) is 0 Å². The summed E-state index contributed by atoms with van der Waals surface area (Å²) in [6.07, 6.45) is 1.65. The van der Waals surface area contributed by atoms with Gasteiger partial charge in [0.25, 0.3) is 0 Å². The third kappa shape index (κ3) is 5.24. The van der Waals surface area contributed by atoms with Crippen LogP contribution in [0.15, 0.2) is 69.8 Å². The summed E-state index contributed by atoms with van der Waals surface area (Å²) in [6.45, 7) is 1.05. The lowest BCUT2D eigenvalue weighted by molar-refractivity contribution is 0.360. The molecule has 0 radical (unpaired) electrons. The average molecular weight is 470 g/mol. The number of furan rings is 1. The zero-order valence-electron chi connectivity index (χ0n) is 13.6. The van der Waals surface area contributed by atoms with Crippen molar-refractivity contribution in [3.05, 3.63) is 86.7 Å². The molecule has 134 valence electrons. The number of rotatable bonds is 5. The molecule has 1 heterocycles. The molecule has 2 aromatic carbocycles. The first kappa shape index (κ1) is 19.2. The first-order chi connectivity index (χ1) is 12.5. The molecule has 0 aliphatic heterocycles. The van der Waals surface area contributed by atoms with Gasteiger partial charge in [-0.2, -0.15) is 0 Å². The largest absolute Gasteiger partial charge is 0.467 e. The van der Waals surface area contributed by atoms with E-state index in [0.717, 1.165) is 21.5 Å². The first-order valence-corrected chi connectivity index (χ1v) is 9.75. The number of thiocarbonyl (C=S) groups is 1. The van der Waals surface area contributed by atoms with Crippen LogP contribution in [-0.2, 0) is 13.1 Å². The Morgan fingerprint density at radius 3 is 2.50 bits per heavy atom. The molecular formula is C19H15BrCl2N2OS. The maximum Gasteiger partial charge on any atom is 0.174 e. The molecule has 0 bridgehead atoms. The van der Waals surface area contributed by atoms with Gasteiger partial charge in [0.2, 0.25) is 0 Å². The van der Waals surface area contributed by atoms with Gasteiger partial charge in [0.05, 0.1) is 12.8 Å². The van der Waals surface area contributed by atoms with E-state index in [9.17, 15) is 0 Å². The van der Waals surface area contributed by atoms with Crippen LogP contribution in [0.3, 0.4) is 0 Å². The molecule has 1 aromatic heterocycles. The molecule has 3 nitrogen and oxygen atoms in total. The summed E-state index contributed by atoms with van der Waals surface area (Å²) in [5.74, 6) is 0.815. The minimum atomic E-state index is 0.522. The van der Waals surface area contributed by atoms with E-state index in [0.29, 0.717) is 28.2 Å². The normalized spacial score (nSPS) is 10.6. The van der Waals surface area contributed by atoms with Gasteiger partial charge < -0.3 is 14.6 Å². The highest BCUT2D eigenvalue weighted by Gasteiger charge is 2.15. The Balaban J connectivity index is 1.79. The molecule has 0 atom stereocenters. The van der Waals surface area contributed by atoms with Crippen LogP contribution < -0.4 is 5.32 Å². The van der Waals surface area contributed by atoms with Crippen LogP contribution in [0.5, 0.6) is 0 Å². The van der Waals surface area contributed by atoms with E-state index in [1.54, 1.807) is 12.3 Å². The topological polar surface area (TPSA) is 28.4 Å². The molecule has 0 amide bonds. The summed E-state index contributed by atoms with van der Waals surface area (Å²) in [5, 5.41) is 5.05. The minimum Gasteiger partial charge on any atom is -0.467 e. The van der Waals surface area contributed by atoms with Gasteiger partial charge in [-0.3, -0.25) is 0 Å².